The predicted molar refractivity (Wildman–Crippen MR) is 182 cm³/mol. The molecule has 0 N–H and O–H groups in total. The van der Waals surface area contributed by atoms with Crippen molar-refractivity contribution in [3.63, 3.8) is 0 Å². The molecule has 0 atom stereocenters. The molecule has 0 saturated heterocycles. The van der Waals surface area contributed by atoms with Crippen LogP contribution in [0.3, 0.4) is 0 Å². The first kappa shape index (κ1) is 42.2. The largest absolute Gasteiger partial charge is 4.00 e. The van der Waals surface area contributed by atoms with E-state index in [0.717, 1.165) is 45.7 Å². The van der Waals surface area contributed by atoms with Crippen molar-refractivity contribution in [1.82, 2.24) is 0 Å². The number of hydrogen-bond donors (Lipinski definition) is 0. The van der Waals surface area contributed by atoms with Crippen molar-refractivity contribution in [2.24, 2.45) is 0 Å². The summed E-state index contributed by atoms with van der Waals surface area (Å²) < 4.78 is 0. The van der Waals surface area contributed by atoms with Crippen LogP contribution in [0, 0.1) is 6.07 Å². The Labute approximate surface area is 271 Å². The first-order valence-corrected chi connectivity index (χ1v) is 16.7. The van der Waals surface area contributed by atoms with Gasteiger partial charge in [-0.3, -0.25) is 0 Å². The van der Waals surface area contributed by atoms with Gasteiger partial charge in [0.15, 0.2) is 0 Å². The van der Waals surface area contributed by atoms with E-state index in [1.54, 1.807) is 0 Å². The summed E-state index contributed by atoms with van der Waals surface area (Å²) in [5.41, 5.74) is 5.51. The molecule has 3 rings (SSSR count). The molecule has 0 spiro atoms. The van der Waals surface area contributed by atoms with Crippen LogP contribution in [-0.4, -0.2) is 39.3 Å². The molecule has 41 heavy (non-hydrogen) atoms. The van der Waals surface area contributed by atoms with Crippen molar-refractivity contribution >= 4 is 0 Å². The second-order valence-electron chi connectivity index (χ2n) is 10.5. The van der Waals surface area contributed by atoms with E-state index in [2.05, 4.69) is 100.0 Å². The molecule has 1 aliphatic rings. The first-order chi connectivity index (χ1) is 19.7. The molecule has 0 aliphatic heterocycles. The van der Waals surface area contributed by atoms with Gasteiger partial charge in [-0.1, -0.05) is 154 Å². The summed E-state index contributed by atoms with van der Waals surface area (Å²) in [6, 6.07) is 18.1. The fourth-order valence-corrected chi connectivity index (χ4v) is 3.95. The number of nitrogens with zero attached hydrogens (tertiary/aromatic N) is 3. The normalized spacial score (nSPS) is 10.5. The number of hydrogen-bond acceptors (Lipinski definition) is 0. The van der Waals surface area contributed by atoms with Crippen molar-refractivity contribution in [3.05, 3.63) is 75.6 Å². The van der Waals surface area contributed by atoms with E-state index in [9.17, 15) is 0 Å². The van der Waals surface area contributed by atoms with E-state index in [-0.39, 0.29) is 21.7 Å². The number of benzene rings is 2. The van der Waals surface area contributed by atoms with Gasteiger partial charge in [0.1, 0.15) is 0 Å². The van der Waals surface area contributed by atoms with Crippen LogP contribution in [0.5, 0.6) is 0 Å². The standard InChI is InChI=1S/C13H9.3C8H18N.Ti/c1-3-7-12-10(5-1)9-11-6-2-4-8-13(11)12;3*1-3-5-7-9-8-6-4-2;/h1-5,7-8H,9H2;3*3-8H2,1-2H3;/q4*-1;+4. The number of rotatable bonds is 18. The van der Waals surface area contributed by atoms with Crippen LogP contribution in [0.25, 0.3) is 27.1 Å². The molecule has 0 radical (unpaired) electrons. The molecule has 0 saturated carbocycles. The van der Waals surface area contributed by atoms with Gasteiger partial charge in [0.25, 0.3) is 0 Å². The van der Waals surface area contributed by atoms with Crippen LogP contribution in [-0.2, 0) is 28.1 Å². The Bertz CT molecular complexity index is 686. The van der Waals surface area contributed by atoms with Crippen LogP contribution in [0.15, 0.2) is 42.5 Å². The van der Waals surface area contributed by atoms with Gasteiger partial charge >= 0.3 is 21.7 Å². The number of fused-ring (bicyclic) bond motifs is 3. The molecule has 230 valence electrons. The van der Waals surface area contributed by atoms with Gasteiger partial charge in [-0.05, 0) is 6.42 Å². The first-order valence-electron chi connectivity index (χ1n) is 16.7. The Morgan fingerprint density at radius 2 is 0.878 bits per heavy atom. The average molecular weight is 598 g/mol. The van der Waals surface area contributed by atoms with Crippen LogP contribution in [0.4, 0.5) is 0 Å². The Morgan fingerprint density at radius 1 is 0.512 bits per heavy atom. The smallest absolute Gasteiger partial charge is 0.662 e. The fraction of sp³-hybridized carbons (Fsp3) is 0.676. The summed E-state index contributed by atoms with van der Waals surface area (Å²) in [5, 5.41) is 13.1. The zero-order chi connectivity index (χ0) is 29.5. The van der Waals surface area contributed by atoms with Crippen LogP contribution in [0.2, 0.25) is 0 Å². The molecule has 2 aromatic rings. The van der Waals surface area contributed by atoms with Gasteiger partial charge in [-0.25, -0.2) is 0 Å². The zero-order valence-corrected chi connectivity index (χ0v) is 29.4. The third kappa shape index (κ3) is 24.2. The molecule has 0 bridgehead atoms. The molecule has 1 aliphatic carbocycles. The molecule has 0 aromatic heterocycles. The van der Waals surface area contributed by atoms with Crippen molar-refractivity contribution in [2.75, 3.05) is 39.3 Å². The minimum Gasteiger partial charge on any atom is -0.662 e. The molecule has 0 amide bonds. The molecule has 0 heterocycles. The second kappa shape index (κ2) is 33.5. The molecule has 2 aromatic carbocycles. The summed E-state index contributed by atoms with van der Waals surface area (Å²) in [6.07, 6.45) is 16.3. The maximum Gasteiger partial charge on any atom is 4.00 e. The third-order valence-corrected chi connectivity index (χ3v) is 6.64. The van der Waals surface area contributed by atoms with Crippen molar-refractivity contribution in [2.45, 2.75) is 125 Å². The van der Waals surface area contributed by atoms with E-state index in [1.807, 2.05) is 6.07 Å². The minimum absolute atomic E-state index is 0. The zero-order valence-electron chi connectivity index (χ0n) is 27.8. The topological polar surface area (TPSA) is 42.3 Å². The predicted octanol–water partition coefficient (Wildman–Crippen LogP) is 11.9. The maximum atomic E-state index is 4.35. The summed E-state index contributed by atoms with van der Waals surface area (Å²) >= 11 is 0. The summed E-state index contributed by atoms with van der Waals surface area (Å²) in [7, 11) is 0. The second-order valence-corrected chi connectivity index (χ2v) is 10.5. The SMILES string of the molecule is CCCC[N-]CCCC.CCCC[N-]CCCC.CCCC[N-]CCCC.[Ti+4].[c-]1cccc2c1Cc1ccccc1-2. The summed E-state index contributed by atoms with van der Waals surface area (Å²) in [6.45, 7) is 19.7. The Morgan fingerprint density at radius 3 is 1.27 bits per heavy atom. The quantitative estimate of drug-likeness (QED) is 0.0795. The number of unbranched alkanes of at least 4 members (excludes halogenated alkanes) is 6. The van der Waals surface area contributed by atoms with Gasteiger partial charge in [-0.15, -0.1) is 44.8 Å². The van der Waals surface area contributed by atoms with E-state index < -0.39 is 0 Å². The monoisotopic (exact) mass is 597 g/mol. The Kier molecular flexibility index (Phi) is 34.5. The Hall–Kier alpha value is -0.966. The van der Waals surface area contributed by atoms with Crippen LogP contribution in [0.1, 0.15) is 130 Å². The molecule has 4 heteroatoms. The molecule has 0 fully saturated rings. The van der Waals surface area contributed by atoms with Crippen molar-refractivity contribution in [1.29, 1.82) is 0 Å². The van der Waals surface area contributed by atoms with Crippen molar-refractivity contribution in [3.8, 4) is 11.1 Å². The summed E-state index contributed by atoms with van der Waals surface area (Å²) in [5.74, 6) is 0. The van der Waals surface area contributed by atoms with Gasteiger partial charge < -0.3 is 16.0 Å². The molecular weight excluding hydrogens is 534 g/mol. The average Bonchev–Trinajstić information content (AvgIpc) is 3.37. The molecular formula is C37H63N3Ti. The van der Waals surface area contributed by atoms with Crippen LogP contribution >= 0.6 is 0 Å². The van der Waals surface area contributed by atoms with Crippen LogP contribution < -0.4 is 0 Å². The molecule has 3 nitrogen and oxygen atoms in total. The molecule has 0 unspecified atom stereocenters. The maximum absolute atomic E-state index is 4.35. The van der Waals surface area contributed by atoms with Gasteiger partial charge in [-0.2, -0.15) is 29.8 Å². The van der Waals surface area contributed by atoms with E-state index in [1.165, 1.54) is 99.3 Å². The minimum atomic E-state index is 0. The van der Waals surface area contributed by atoms with Gasteiger partial charge in [0.2, 0.25) is 0 Å². The van der Waals surface area contributed by atoms with E-state index in [0.29, 0.717) is 0 Å². The van der Waals surface area contributed by atoms with Gasteiger partial charge in [0.05, 0.1) is 0 Å². The van der Waals surface area contributed by atoms with E-state index >= 15 is 0 Å². The van der Waals surface area contributed by atoms with E-state index in [4.69, 9.17) is 0 Å². The van der Waals surface area contributed by atoms with Gasteiger partial charge in [0, 0.05) is 0 Å². The third-order valence-electron chi connectivity index (χ3n) is 6.64. The summed E-state index contributed by atoms with van der Waals surface area (Å²) in [4.78, 5) is 0. The van der Waals surface area contributed by atoms with Crippen molar-refractivity contribution < 1.29 is 21.7 Å². The Balaban J connectivity index is 0. The fourth-order valence-electron chi connectivity index (χ4n) is 3.95.